The number of rotatable bonds is 8. The Bertz CT molecular complexity index is 987. The molecule has 0 saturated carbocycles. The van der Waals surface area contributed by atoms with Crippen molar-refractivity contribution >= 4 is 29.2 Å². The van der Waals surface area contributed by atoms with Gasteiger partial charge in [0.15, 0.2) is 0 Å². The maximum absolute atomic E-state index is 12.9. The van der Waals surface area contributed by atoms with Gasteiger partial charge in [0.1, 0.15) is 12.2 Å². The van der Waals surface area contributed by atoms with Crippen LogP contribution in [0.1, 0.15) is 40.4 Å². The van der Waals surface area contributed by atoms with Crippen LogP contribution < -0.4 is 10.2 Å². The molecule has 2 amide bonds. The number of pyridine rings is 1. The van der Waals surface area contributed by atoms with Gasteiger partial charge >= 0.3 is 5.97 Å². The number of carbonyl (C=O) groups excluding carboxylic acids is 3. The van der Waals surface area contributed by atoms with E-state index in [0.29, 0.717) is 36.7 Å². The van der Waals surface area contributed by atoms with Crippen LogP contribution >= 0.6 is 0 Å². The quantitative estimate of drug-likeness (QED) is 0.612. The number of hydrogen-bond acceptors (Lipinski definition) is 7. The molecule has 2 heterocycles. The number of aryl methyl sites for hydroxylation is 1. The van der Waals surface area contributed by atoms with Crippen LogP contribution in [-0.4, -0.2) is 73.7 Å². The fourth-order valence-corrected chi connectivity index (χ4v) is 3.54. The third-order valence-electron chi connectivity index (χ3n) is 5.33. The molecule has 0 unspecified atom stereocenters. The second kappa shape index (κ2) is 11.4. The van der Waals surface area contributed by atoms with Gasteiger partial charge in [-0.25, -0.2) is 9.78 Å². The molecular formula is C24H30N4O5. The number of nitrogens with zero attached hydrogens (tertiary/aromatic N) is 3. The summed E-state index contributed by atoms with van der Waals surface area (Å²) in [5, 5.41) is 2.84. The van der Waals surface area contributed by atoms with E-state index in [2.05, 4.69) is 15.2 Å². The molecule has 0 atom stereocenters. The fourth-order valence-electron chi connectivity index (χ4n) is 3.54. The lowest BCUT2D eigenvalue weighted by Gasteiger charge is -2.29. The van der Waals surface area contributed by atoms with E-state index in [1.165, 1.54) is 17.0 Å². The molecule has 1 aliphatic heterocycles. The molecule has 1 saturated heterocycles. The number of anilines is 2. The number of hydrogen-bond donors (Lipinski definition) is 1. The standard InChI is InChI=1S/C24H30N4O5/c1-4-27(23(30)21-11-10-20(17(3)25-21)24(31)33-5-2)16-22(29)26-18-6-8-19(9-7-18)28-12-14-32-15-13-28/h6-11H,4-5,12-16H2,1-3H3,(H,26,29). The molecule has 0 radical (unpaired) electrons. The minimum Gasteiger partial charge on any atom is -0.462 e. The van der Waals surface area contributed by atoms with Crippen LogP contribution in [0, 0.1) is 6.92 Å². The second-order valence-corrected chi connectivity index (χ2v) is 7.56. The maximum atomic E-state index is 12.9. The number of nitrogens with one attached hydrogen (secondary N) is 1. The minimum absolute atomic E-state index is 0.110. The number of amides is 2. The summed E-state index contributed by atoms with van der Waals surface area (Å²) >= 11 is 0. The van der Waals surface area contributed by atoms with Crippen LogP contribution in [0.3, 0.4) is 0 Å². The number of morpholine rings is 1. The molecule has 9 nitrogen and oxygen atoms in total. The number of likely N-dealkylation sites (N-methyl/N-ethyl adjacent to an activating group) is 1. The molecule has 0 bridgehead atoms. The summed E-state index contributed by atoms with van der Waals surface area (Å²) in [6.45, 7) is 8.74. The zero-order valence-corrected chi connectivity index (χ0v) is 19.3. The van der Waals surface area contributed by atoms with Gasteiger partial charge in [0, 0.05) is 31.0 Å². The Labute approximate surface area is 193 Å². The highest BCUT2D eigenvalue weighted by atomic mass is 16.5. The Kier molecular flexibility index (Phi) is 8.37. The highest BCUT2D eigenvalue weighted by Gasteiger charge is 2.21. The maximum Gasteiger partial charge on any atom is 0.339 e. The number of esters is 1. The van der Waals surface area contributed by atoms with Gasteiger partial charge in [-0.05, 0) is 57.2 Å². The van der Waals surface area contributed by atoms with Crippen LogP contribution in [0.2, 0.25) is 0 Å². The summed E-state index contributed by atoms with van der Waals surface area (Å²) < 4.78 is 10.4. The molecule has 2 aromatic rings. The van der Waals surface area contributed by atoms with Crippen molar-refractivity contribution in [2.75, 3.05) is 56.2 Å². The largest absolute Gasteiger partial charge is 0.462 e. The first-order valence-electron chi connectivity index (χ1n) is 11.1. The monoisotopic (exact) mass is 454 g/mol. The van der Waals surface area contributed by atoms with Crippen molar-refractivity contribution in [3.63, 3.8) is 0 Å². The van der Waals surface area contributed by atoms with Crippen LogP contribution in [0.25, 0.3) is 0 Å². The lowest BCUT2D eigenvalue weighted by atomic mass is 10.1. The van der Waals surface area contributed by atoms with E-state index < -0.39 is 5.97 Å². The second-order valence-electron chi connectivity index (χ2n) is 7.56. The first-order valence-corrected chi connectivity index (χ1v) is 11.1. The molecule has 0 aliphatic carbocycles. The van der Waals surface area contributed by atoms with Gasteiger partial charge in [-0.2, -0.15) is 0 Å². The summed E-state index contributed by atoms with van der Waals surface area (Å²) in [6, 6.07) is 10.6. The molecule has 176 valence electrons. The van der Waals surface area contributed by atoms with Crippen molar-refractivity contribution < 1.29 is 23.9 Å². The summed E-state index contributed by atoms with van der Waals surface area (Å²) in [5.41, 5.74) is 2.63. The molecule has 33 heavy (non-hydrogen) atoms. The van der Waals surface area contributed by atoms with E-state index in [9.17, 15) is 14.4 Å². The molecular weight excluding hydrogens is 424 g/mol. The summed E-state index contributed by atoms with van der Waals surface area (Å²) in [5.74, 6) is -1.16. The summed E-state index contributed by atoms with van der Waals surface area (Å²) in [4.78, 5) is 45.3. The molecule has 0 spiro atoms. The Morgan fingerprint density at radius 1 is 1.09 bits per heavy atom. The summed E-state index contributed by atoms with van der Waals surface area (Å²) in [6.07, 6.45) is 0. The average Bonchev–Trinajstić information content (AvgIpc) is 2.83. The van der Waals surface area contributed by atoms with E-state index in [-0.39, 0.29) is 30.7 Å². The lowest BCUT2D eigenvalue weighted by molar-refractivity contribution is -0.116. The number of aromatic nitrogens is 1. The third kappa shape index (κ3) is 6.29. The van der Waals surface area contributed by atoms with Crippen molar-refractivity contribution in [1.29, 1.82) is 0 Å². The van der Waals surface area contributed by atoms with Gasteiger partial charge in [0.25, 0.3) is 5.91 Å². The highest BCUT2D eigenvalue weighted by molar-refractivity contribution is 5.99. The first-order chi connectivity index (χ1) is 15.9. The van der Waals surface area contributed by atoms with Crippen molar-refractivity contribution in [2.45, 2.75) is 20.8 Å². The van der Waals surface area contributed by atoms with E-state index in [1.54, 1.807) is 20.8 Å². The van der Waals surface area contributed by atoms with Gasteiger partial charge < -0.3 is 24.6 Å². The van der Waals surface area contributed by atoms with Crippen LogP contribution in [0.4, 0.5) is 11.4 Å². The normalized spacial score (nSPS) is 13.4. The van der Waals surface area contributed by atoms with Gasteiger partial charge in [-0.1, -0.05) is 0 Å². The molecule has 1 N–H and O–H groups in total. The van der Waals surface area contributed by atoms with Crippen molar-refractivity contribution in [3.8, 4) is 0 Å². The Hall–Kier alpha value is -3.46. The smallest absolute Gasteiger partial charge is 0.339 e. The van der Waals surface area contributed by atoms with E-state index in [0.717, 1.165) is 18.8 Å². The predicted molar refractivity (Wildman–Crippen MR) is 125 cm³/mol. The number of carbonyl (C=O) groups is 3. The summed E-state index contributed by atoms with van der Waals surface area (Å²) in [7, 11) is 0. The fraction of sp³-hybridized carbons (Fsp3) is 0.417. The lowest BCUT2D eigenvalue weighted by Crippen LogP contribution is -2.38. The van der Waals surface area contributed by atoms with Gasteiger partial charge in [0.2, 0.25) is 5.91 Å². The Morgan fingerprint density at radius 3 is 2.39 bits per heavy atom. The van der Waals surface area contributed by atoms with Gasteiger partial charge in [-0.15, -0.1) is 0 Å². The van der Waals surface area contributed by atoms with Gasteiger partial charge in [0.05, 0.1) is 31.1 Å². The number of benzene rings is 1. The van der Waals surface area contributed by atoms with Crippen LogP contribution in [0.15, 0.2) is 36.4 Å². The molecule has 9 heteroatoms. The third-order valence-corrected chi connectivity index (χ3v) is 5.33. The molecule has 1 aromatic carbocycles. The zero-order chi connectivity index (χ0) is 23.8. The Balaban J connectivity index is 1.60. The molecule has 1 aromatic heterocycles. The Morgan fingerprint density at radius 2 is 1.79 bits per heavy atom. The first kappa shape index (κ1) is 24.2. The van der Waals surface area contributed by atoms with Crippen LogP contribution in [0.5, 0.6) is 0 Å². The topological polar surface area (TPSA) is 101 Å². The number of ether oxygens (including phenoxy) is 2. The zero-order valence-electron chi connectivity index (χ0n) is 19.3. The molecule has 1 aliphatic rings. The molecule has 1 fully saturated rings. The van der Waals surface area contributed by atoms with E-state index in [1.807, 2.05) is 24.3 Å². The van der Waals surface area contributed by atoms with E-state index >= 15 is 0 Å². The van der Waals surface area contributed by atoms with E-state index in [4.69, 9.17) is 9.47 Å². The van der Waals surface area contributed by atoms with Crippen molar-refractivity contribution in [3.05, 3.63) is 53.3 Å². The average molecular weight is 455 g/mol. The SMILES string of the molecule is CCOC(=O)c1ccc(C(=O)N(CC)CC(=O)Nc2ccc(N3CCOCC3)cc2)nc1C. The van der Waals surface area contributed by atoms with Gasteiger partial charge in [-0.3, -0.25) is 9.59 Å². The minimum atomic E-state index is -0.479. The molecule has 3 rings (SSSR count). The highest BCUT2D eigenvalue weighted by Crippen LogP contribution is 2.19. The predicted octanol–water partition coefficient (Wildman–Crippen LogP) is 2.50. The van der Waals surface area contributed by atoms with Crippen LogP contribution in [-0.2, 0) is 14.3 Å². The van der Waals surface area contributed by atoms with Crippen molar-refractivity contribution in [1.82, 2.24) is 9.88 Å². The van der Waals surface area contributed by atoms with Crippen molar-refractivity contribution in [2.24, 2.45) is 0 Å².